The highest BCUT2D eigenvalue weighted by Crippen LogP contribution is 2.24. The highest BCUT2D eigenvalue weighted by atomic mass is 16.7. The van der Waals surface area contributed by atoms with E-state index in [0.29, 0.717) is 5.92 Å². The lowest BCUT2D eigenvalue weighted by molar-refractivity contribution is -0.154. The van der Waals surface area contributed by atoms with E-state index in [0.717, 1.165) is 25.9 Å². The van der Waals surface area contributed by atoms with Gasteiger partial charge in [-0.1, -0.05) is 0 Å². The van der Waals surface area contributed by atoms with Crippen LogP contribution in [0.15, 0.2) is 0 Å². The molecule has 3 unspecified atom stereocenters. The van der Waals surface area contributed by atoms with Crippen molar-refractivity contribution in [2.45, 2.75) is 25.2 Å². The number of carboxylic acids is 1. The number of carboxylic acid groups (broad SMARTS) is 1. The van der Waals surface area contributed by atoms with E-state index in [-0.39, 0.29) is 12.9 Å². The molecule has 2 fully saturated rings. The number of hydrogen-bond acceptors (Lipinski definition) is 4. The van der Waals surface area contributed by atoms with E-state index in [4.69, 9.17) is 14.6 Å². The fourth-order valence-corrected chi connectivity index (χ4v) is 1.91. The second-order valence-electron chi connectivity index (χ2n) is 3.77. The van der Waals surface area contributed by atoms with Gasteiger partial charge in [-0.2, -0.15) is 0 Å². The van der Waals surface area contributed by atoms with Gasteiger partial charge in [-0.3, -0.25) is 0 Å². The second-order valence-corrected chi connectivity index (χ2v) is 3.77. The van der Waals surface area contributed by atoms with Crippen LogP contribution in [0.5, 0.6) is 0 Å². The SMILES string of the molecule is O=C(O)C1COC(C2CCCNC2)O1. The van der Waals surface area contributed by atoms with Gasteiger partial charge < -0.3 is 19.9 Å². The lowest BCUT2D eigenvalue weighted by atomic mass is 9.99. The first kappa shape index (κ1) is 9.89. The van der Waals surface area contributed by atoms with Crippen molar-refractivity contribution in [3.8, 4) is 0 Å². The smallest absolute Gasteiger partial charge is 0.335 e. The molecule has 0 aromatic heterocycles. The Morgan fingerprint density at radius 1 is 1.50 bits per heavy atom. The van der Waals surface area contributed by atoms with E-state index in [1.165, 1.54) is 0 Å². The summed E-state index contributed by atoms with van der Waals surface area (Å²) in [6.07, 6.45) is 1.04. The Kier molecular flexibility index (Phi) is 3.00. The minimum absolute atomic E-state index is 0.177. The summed E-state index contributed by atoms with van der Waals surface area (Å²) in [6.45, 7) is 2.07. The molecule has 0 aromatic rings. The Morgan fingerprint density at radius 2 is 2.36 bits per heavy atom. The van der Waals surface area contributed by atoms with Crippen LogP contribution in [0.3, 0.4) is 0 Å². The van der Waals surface area contributed by atoms with Crippen molar-refractivity contribution in [2.24, 2.45) is 5.92 Å². The maximum atomic E-state index is 10.6. The molecule has 80 valence electrons. The van der Waals surface area contributed by atoms with Crippen molar-refractivity contribution in [3.05, 3.63) is 0 Å². The molecule has 14 heavy (non-hydrogen) atoms. The Bertz CT molecular complexity index is 215. The molecule has 5 nitrogen and oxygen atoms in total. The van der Waals surface area contributed by atoms with Crippen molar-refractivity contribution < 1.29 is 19.4 Å². The maximum Gasteiger partial charge on any atom is 0.335 e. The van der Waals surface area contributed by atoms with Crippen LogP contribution in [0, 0.1) is 5.92 Å². The molecule has 0 amide bonds. The lowest BCUT2D eigenvalue weighted by Gasteiger charge is -2.26. The van der Waals surface area contributed by atoms with Crippen molar-refractivity contribution in [1.29, 1.82) is 0 Å². The summed E-state index contributed by atoms with van der Waals surface area (Å²) in [5.41, 5.74) is 0. The van der Waals surface area contributed by atoms with Crippen molar-refractivity contribution >= 4 is 5.97 Å². The number of ether oxygens (including phenoxy) is 2. The summed E-state index contributed by atoms with van der Waals surface area (Å²) in [6, 6.07) is 0. The van der Waals surface area contributed by atoms with Gasteiger partial charge >= 0.3 is 5.97 Å². The summed E-state index contributed by atoms with van der Waals surface area (Å²) >= 11 is 0. The van der Waals surface area contributed by atoms with Gasteiger partial charge in [-0.05, 0) is 19.4 Å². The van der Waals surface area contributed by atoms with E-state index in [2.05, 4.69) is 5.32 Å². The third-order valence-corrected chi connectivity index (χ3v) is 2.71. The summed E-state index contributed by atoms with van der Waals surface area (Å²) in [4.78, 5) is 10.6. The molecule has 2 rings (SSSR count). The standard InChI is InChI=1S/C9H15NO4/c11-8(12)7-5-13-9(14-7)6-2-1-3-10-4-6/h6-7,9-10H,1-5H2,(H,11,12). The van der Waals surface area contributed by atoms with Crippen LogP contribution in [-0.4, -0.2) is 43.2 Å². The zero-order valence-corrected chi connectivity index (χ0v) is 7.94. The molecule has 2 N–H and O–H groups in total. The lowest BCUT2D eigenvalue weighted by Crippen LogP contribution is -2.37. The highest BCUT2D eigenvalue weighted by Gasteiger charge is 2.36. The largest absolute Gasteiger partial charge is 0.479 e. The molecular formula is C9H15NO4. The topological polar surface area (TPSA) is 67.8 Å². The molecule has 0 aromatic carbocycles. The molecule has 0 radical (unpaired) electrons. The van der Waals surface area contributed by atoms with E-state index in [1.807, 2.05) is 0 Å². The fraction of sp³-hybridized carbons (Fsp3) is 0.889. The second kappa shape index (κ2) is 4.25. The number of piperidine rings is 1. The average Bonchev–Trinajstić information content (AvgIpc) is 2.68. The first-order chi connectivity index (χ1) is 6.77. The van der Waals surface area contributed by atoms with Crippen molar-refractivity contribution in [2.75, 3.05) is 19.7 Å². The number of rotatable bonds is 2. The fourth-order valence-electron chi connectivity index (χ4n) is 1.91. The third-order valence-electron chi connectivity index (χ3n) is 2.71. The Morgan fingerprint density at radius 3 is 2.93 bits per heavy atom. The van der Waals surface area contributed by atoms with Gasteiger partial charge in [0.2, 0.25) is 0 Å². The average molecular weight is 201 g/mol. The molecule has 2 aliphatic rings. The van der Waals surface area contributed by atoms with Crippen LogP contribution in [0.1, 0.15) is 12.8 Å². The van der Waals surface area contributed by atoms with E-state index in [1.54, 1.807) is 0 Å². The number of hydrogen-bond donors (Lipinski definition) is 2. The summed E-state index contributed by atoms with van der Waals surface area (Å²) < 4.78 is 10.6. The Labute approximate surface area is 82.4 Å². The summed E-state index contributed by atoms with van der Waals surface area (Å²) in [5.74, 6) is -0.635. The first-order valence-corrected chi connectivity index (χ1v) is 4.98. The van der Waals surface area contributed by atoms with Crippen molar-refractivity contribution in [3.63, 3.8) is 0 Å². The monoisotopic (exact) mass is 201 g/mol. The molecule has 2 heterocycles. The number of aliphatic carboxylic acids is 1. The zero-order chi connectivity index (χ0) is 9.97. The highest BCUT2D eigenvalue weighted by molar-refractivity contribution is 5.72. The predicted octanol–water partition coefficient (Wildman–Crippen LogP) is -0.188. The van der Waals surface area contributed by atoms with Crippen LogP contribution in [-0.2, 0) is 14.3 Å². The maximum absolute atomic E-state index is 10.6. The third kappa shape index (κ3) is 2.05. The summed E-state index contributed by atoms with van der Waals surface area (Å²) in [7, 11) is 0. The quantitative estimate of drug-likeness (QED) is 0.648. The van der Waals surface area contributed by atoms with E-state index >= 15 is 0 Å². The molecule has 2 saturated heterocycles. The molecule has 2 aliphatic heterocycles. The normalized spacial score (nSPS) is 38.4. The van der Waals surface area contributed by atoms with Crippen LogP contribution in [0.2, 0.25) is 0 Å². The molecule has 0 aliphatic carbocycles. The van der Waals surface area contributed by atoms with Gasteiger partial charge in [-0.15, -0.1) is 0 Å². The van der Waals surface area contributed by atoms with E-state index < -0.39 is 12.1 Å². The van der Waals surface area contributed by atoms with Gasteiger partial charge in [0.1, 0.15) is 0 Å². The van der Waals surface area contributed by atoms with Crippen LogP contribution in [0.4, 0.5) is 0 Å². The predicted molar refractivity (Wildman–Crippen MR) is 47.8 cm³/mol. The van der Waals surface area contributed by atoms with Gasteiger partial charge in [0, 0.05) is 12.5 Å². The van der Waals surface area contributed by atoms with Crippen molar-refractivity contribution in [1.82, 2.24) is 5.32 Å². The minimum Gasteiger partial charge on any atom is -0.479 e. The number of nitrogens with one attached hydrogen (secondary N) is 1. The van der Waals surface area contributed by atoms with E-state index in [9.17, 15) is 4.79 Å². The summed E-state index contributed by atoms with van der Waals surface area (Å²) in [5, 5.41) is 12.0. The Hall–Kier alpha value is -0.650. The van der Waals surface area contributed by atoms with Crippen LogP contribution >= 0.6 is 0 Å². The van der Waals surface area contributed by atoms with Crippen LogP contribution < -0.4 is 5.32 Å². The molecule has 3 atom stereocenters. The minimum atomic E-state index is -0.934. The first-order valence-electron chi connectivity index (χ1n) is 4.98. The molecule has 0 bridgehead atoms. The molecule has 0 spiro atoms. The van der Waals surface area contributed by atoms with Gasteiger partial charge in [0.25, 0.3) is 0 Å². The van der Waals surface area contributed by atoms with Gasteiger partial charge in [0.15, 0.2) is 12.4 Å². The zero-order valence-electron chi connectivity index (χ0n) is 7.94. The van der Waals surface area contributed by atoms with Gasteiger partial charge in [-0.25, -0.2) is 4.79 Å². The van der Waals surface area contributed by atoms with Gasteiger partial charge in [0.05, 0.1) is 6.61 Å². The van der Waals surface area contributed by atoms with Crippen LogP contribution in [0.25, 0.3) is 0 Å². The Balaban J connectivity index is 1.85. The number of carbonyl (C=O) groups is 1. The molecule has 5 heteroatoms. The molecular weight excluding hydrogens is 186 g/mol. The molecule has 0 saturated carbocycles.